The summed E-state index contributed by atoms with van der Waals surface area (Å²) in [6.07, 6.45) is 1.78. The van der Waals surface area contributed by atoms with Crippen LogP contribution in [-0.4, -0.2) is 26.2 Å². The molecule has 0 unspecified atom stereocenters. The highest BCUT2D eigenvalue weighted by Crippen LogP contribution is 2.32. The van der Waals surface area contributed by atoms with Gasteiger partial charge in [0.15, 0.2) is 5.58 Å². The van der Waals surface area contributed by atoms with E-state index in [4.69, 9.17) is 4.42 Å². The molecule has 4 rings (SSSR count). The third-order valence-corrected chi connectivity index (χ3v) is 4.77. The van der Waals surface area contributed by atoms with E-state index < -0.39 is 0 Å². The van der Waals surface area contributed by atoms with Gasteiger partial charge in [-0.1, -0.05) is 29.3 Å². The minimum atomic E-state index is 0.826. The van der Waals surface area contributed by atoms with Crippen LogP contribution in [0.3, 0.4) is 0 Å². The number of nitrogens with zero attached hydrogens (tertiary/aromatic N) is 1. The molecule has 4 nitrogen and oxygen atoms in total. The first kappa shape index (κ1) is 16.0. The van der Waals surface area contributed by atoms with Crippen LogP contribution in [0, 0.1) is 13.8 Å². The molecule has 1 aliphatic rings. The fourth-order valence-electron chi connectivity index (χ4n) is 3.68. The first-order valence-electron chi connectivity index (χ1n) is 8.97. The number of fused-ring (bicyclic) bond motifs is 1. The minimum Gasteiger partial charge on any atom is -0.462 e. The molecule has 0 amide bonds. The van der Waals surface area contributed by atoms with Gasteiger partial charge in [0.1, 0.15) is 0 Å². The summed E-state index contributed by atoms with van der Waals surface area (Å²) in [4.78, 5) is 2.41. The van der Waals surface area contributed by atoms with E-state index >= 15 is 0 Å². The molecular formula is C21H25N3O. The zero-order valence-corrected chi connectivity index (χ0v) is 14.9. The smallest absolute Gasteiger partial charge is 0.157 e. The quantitative estimate of drug-likeness (QED) is 0.754. The lowest BCUT2D eigenvalue weighted by molar-refractivity contribution is 0.579. The normalized spacial score (nSPS) is 14.9. The first-order valence-corrected chi connectivity index (χ1v) is 8.97. The number of hydrogen-bond donors (Lipinski definition) is 2. The van der Waals surface area contributed by atoms with Crippen LogP contribution in [0.25, 0.3) is 11.0 Å². The van der Waals surface area contributed by atoms with E-state index in [-0.39, 0.29) is 0 Å². The van der Waals surface area contributed by atoms with Gasteiger partial charge in [-0.25, -0.2) is 0 Å². The van der Waals surface area contributed by atoms with Crippen LogP contribution in [0.2, 0.25) is 0 Å². The van der Waals surface area contributed by atoms with Gasteiger partial charge in [-0.15, -0.1) is 0 Å². The van der Waals surface area contributed by atoms with Crippen LogP contribution < -0.4 is 15.5 Å². The summed E-state index contributed by atoms with van der Waals surface area (Å²) >= 11 is 0. The van der Waals surface area contributed by atoms with Crippen molar-refractivity contribution in [1.29, 1.82) is 0 Å². The van der Waals surface area contributed by atoms with Gasteiger partial charge in [0.05, 0.1) is 12.0 Å². The lowest BCUT2D eigenvalue weighted by atomic mass is 10.1. The van der Waals surface area contributed by atoms with Crippen molar-refractivity contribution < 1.29 is 4.42 Å². The zero-order valence-electron chi connectivity index (χ0n) is 14.9. The van der Waals surface area contributed by atoms with Crippen LogP contribution in [0.4, 0.5) is 11.4 Å². The third kappa shape index (κ3) is 3.49. The van der Waals surface area contributed by atoms with E-state index in [0.29, 0.717) is 0 Å². The second-order valence-corrected chi connectivity index (χ2v) is 6.92. The van der Waals surface area contributed by atoms with Gasteiger partial charge in [0.2, 0.25) is 0 Å². The highest BCUT2D eigenvalue weighted by molar-refractivity contribution is 5.93. The molecule has 3 aromatic rings. The Hall–Kier alpha value is -2.46. The lowest BCUT2D eigenvalue weighted by Crippen LogP contribution is -2.43. The van der Waals surface area contributed by atoms with Crippen molar-refractivity contribution in [3.8, 4) is 0 Å². The Balaban J connectivity index is 1.61. The molecule has 2 aromatic carbocycles. The standard InChI is InChI=1S/C21H25N3O/c1-15-9-16(2)11-17(10-15)14-23-19-12-18-3-8-25-21(18)20(13-19)24-6-4-22-5-7-24/h3,8-13,22-23H,4-7,14H2,1-2H3. The number of aryl methyl sites for hydroxylation is 2. The van der Waals surface area contributed by atoms with E-state index in [9.17, 15) is 0 Å². The van der Waals surface area contributed by atoms with Crippen LogP contribution in [0.15, 0.2) is 47.1 Å². The molecule has 0 saturated carbocycles. The highest BCUT2D eigenvalue weighted by Gasteiger charge is 2.16. The van der Waals surface area contributed by atoms with Gasteiger partial charge in [-0.3, -0.25) is 0 Å². The molecule has 4 heteroatoms. The van der Waals surface area contributed by atoms with Gasteiger partial charge < -0.3 is 20.0 Å². The fourth-order valence-corrected chi connectivity index (χ4v) is 3.68. The Morgan fingerprint density at radius 3 is 2.56 bits per heavy atom. The van der Waals surface area contributed by atoms with Crippen molar-refractivity contribution in [3.63, 3.8) is 0 Å². The second-order valence-electron chi connectivity index (χ2n) is 6.92. The zero-order chi connectivity index (χ0) is 17.2. The molecule has 2 heterocycles. The first-order chi connectivity index (χ1) is 12.2. The van der Waals surface area contributed by atoms with E-state index in [0.717, 1.165) is 49.4 Å². The van der Waals surface area contributed by atoms with Gasteiger partial charge in [0, 0.05) is 43.8 Å². The van der Waals surface area contributed by atoms with Crippen LogP contribution >= 0.6 is 0 Å². The van der Waals surface area contributed by atoms with Crippen molar-refractivity contribution >= 4 is 22.3 Å². The minimum absolute atomic E-state index is 0.826. The summed E-state index contributed by atoms with van der Waals surface area (Å²) in [6.45, 7) is 9.18. The molecule has 0 radical (unpaired) electrons. The maximum atomic E-state index is 5.76. The Morgan fingerprint density at radius 2 is 1.80 bits per heavy atom. The summed E-state index contributed by atoms with van der Waals surface area (Å²) in [5.74, 6) is 0. The summed E-state index contributed by atoms with van der Waals surface area (Å²) in [5.41, 5.74) is 7.24. The molecule has 25 heavy (non-hydrogen) atoms. The Kier molecular flexibility index (Phi) is 4.36. The predicted octanol–water partition coefficient (Wildman–Crippen LogP) is 4.07. The average Bonchev–Trinajstić information content (AvgIpc) is 3.08. The number of hydrogen-bond acceptors (Lipinski definition) is 4. The van der Waals surface area contributed by atoms with Crippen molar-refractivity contribution in [2.45, 2.75) is 20.4 Å². The molecule has 1 saturated heterocycles. The molecule has 0 bridgehead atoms. The highest BCUT2D eigenvalue weighted by atomic mass is 16.3. The third-order valence-electron chi connectivity index (χ3n) is 4.77. The molecule has 1 aromatic heterocycles. The summed E-state index contributed by atoms with van der Waals surface area (Å²) in [6, 6.07) is 13.1. The van der Waals surface area contributed by atoms with Crippen LogP contribution in [-0.2, 0) is 6.54 Å². The summed E-state index contributed by atoms with van der Waals surface area (Å²) in [7, 11) is 0. The van der Waals surface area contributed by atoms with E-state index in [2.05, 4.69) is 59.7 Å². The number of anilines is 2. The van der Waals surface area contributed by atoms with E-state index in [1.807, 2.05) is 6.07 Å². The maximum Gasteiger partial charge on any atom is 0.157 e. The van der Waals surface area contributed by atoms with Crippen molar-refractivity contribution in [3.05, 3.63) is 59.4 Å². The number of benzene rings is 2. The molecule has 130 valence electrons. The molecule has 0 aliphatic carbocycles. The Labute approximate surface area is 148 Å². The van der Waals surface area contributed by atoms with Crippen molar-refractivity contribution in [2.75, 3.05) is 36.4 Å². The predicted molar refractivity (Wildman–Crippen MR) is 105 cm³/mol. The second kappa shape index (κ2) is 6.81. The lowest BCUT2D eigenvalue weighted by Gasteiger charge is -2.29. The number of furan rings is 1. The van der Waals surface area contributed by atoms with E-state index in [1.165, 1.54) is 22.4 Å². The monoisotopic (exact) mass is 335 g/mol. The SMILES string of the molecule is Cc1cc(C)cc(CNc2cc(N3CCNCC3)c3occc3c2)c1. The van der Waals surface area contributed by atoms with Crippen LogP contribution in [0.5, 0.6) is 0 Å². The topological polar surface area (TPSA) is 40.4 Å². The molecule has 1 fully saturated rings. The largest absolute Gasteiger partial charge is 0.462 e. The van der Waals surface area contributed by atoms with Crippen LogP contribution in [0.1, 0.15) is 16.7 Å². The van der Waals surface area contributed by atoms with Gasteiger partial charge >= 0.3 is 0 Å². The number of nitrogens with one attached hydrogen (secondary N) is 2. The summed E-state index contributed by atoms with van der Waals surface area (Å²) < 4.78 is 5.76. The maximum absolute atomic E-state index is 5.76. The van der Waals surface area contributed by atoms with Crippen molar-refractivity contribution in [1.82, 2.24) is 5.32 Å². The average molecular weight is 335 g/mol. The van der Waals surface area contributed by atoms with Crippen molar-refractivity contribution in [2.24, 2.45) is 0 Å². The fraction of sp³-hybridized carbons (Fsp3) is 0.333. The molecule has 1 aliphatic heterocycles. The molecular weight excluding hydrogens is 310 g/mol. The van der Waals surface area contributed by atoms with Gasteiger partial charge in [-0.05, 0) is 37.6 Å². The Morgan fingerprint density at radius 1 is 1.04 bits per heavy atom. The molecule has 0 atom stereocenters. The van der Waals surface area contributed by atoms with Gasteiger partial charge in [0.25, 0.3) is 0 Å². The number of piperazine rings is 1. The Bertz CT molecular complexity index is 858. The molecule has 0 spiro atoms. The number of rotatable bonds is 4. The molecule has 2 N–H and O–H groups in total. The van der Waals surface area contributed by atoms with E-state index in [1.54, 1.807) is 6.26 Å². The van der Waals surface area contributed by atoms with Gasteiger partial charge in [-0.2, -0.15) is 0 Å². The summed E-state index contributed by atoms with van der Waals surface area (Å²) in [5, 5.41) is 8.15.